The maximum atomic E-state index is 4.61. The molecule has 100 valence electrons. The van der Waals surface area contributed by atoms with E-state index in [2.05, 4.69) is 57.4 Å². The fourth-order valence-electron chi connectivity index (χ4n) is 2.43. The highest BCUT2D eigenvalue weighted by Gasteiger charge is 2.19. The Hall–Kier alpha value is -1.88. The Balaban J connectivity index is 1.83. The lowest BCUT2D eigenvalue weighted by molar-refractivity contribution is 0.480. The minimum Gasteiger partial charge on any atom is -0.337 e. The van der Waals surface area contributed by atoms with Gasteiger partial charge in [0.15, 0.2) is 5.82 Å². The van der Waals surface area contributed by atoms with E-state index in [1.807, 2.05) is 6.07 Å². The SMILES string of the molecule is Cc1cccc(-c2nc(N3CCN[C@@H](C)C3)n[nH]2)c1. The number of piperazine rings is 1. The molecule has 5 heteroatoms. The summed E-state index contributed by atoms with van der Waals surface area (Å²) in [4.78, 5) is 6.83. The average molecular weight is 257 g/mol. The molecule has 0 bridgehead atoms. The summed E-state index contributed by atoms with van der Waals surface area (Å²) in [6, 6.07) is 8.77. The first kappa shape index (κ1) is 12.2. The molecule has 1 aromatic carbocycles. The van der Waals surface area contributed by atoms with E-state index in [-0.39, 0.29) is 0 Å². The van der Waals surface area contributed by atoms with Gasteiger partial charge in [0.25, 0.3) is 0 Å². The second kappa shape index (κ2) is 5.01. The predicted molar refractivity (Wildman–Crippen MR) is 76.2 cm³/mol. The maximum absolute atomic E-state index is 4.61. The second-order valence-electron chi connectivity index (χ2n) is 5.15. The number of nitrogens with zero attached hydrogens (tertiary/aromatic N) is 3. The van der Waals surface area contributed by atoms with Crippen LogP contribution in [-0.4, -0.2) is 40.9 Å². The van der Waals surface area contributed by atoms with Crippen molar-refractivity contribution in [1.82, 2.24) is 20.5 Å². The van der Waals surface area contributed by atoms with Gasteiger partial charge in [0.2, 0.25) is 5.95 Å². The minimum absolute atomic E-state index is 0.481. The van der Waals surface area contributed by atoms with Gasteiger partial charge in [-0.15, -0.1) is 5.10 Å². The lowest BCUT2D eigenvalue weighted by Gasteiger charge is -2.30. The van der Waals surface area contributed by atoms with Crippen molar-refractivity contribution in [1.29, 1.82) is 0 Å². The molecule has 0 aliphatic carbocycles. The fraction of sp³-hybridized carbons (Fsp3) is 0.429. The van der Waals surface area contributed by atoms with E-state index in [1.54, 1.807) is 0 Å². The monoisotopic (exact) mass is 257 g/mol. The van der Waals surface area contributed by atoms with Gasteiger partial charge in [-0.1, -0.05) is 23.8 Å². The van der Waals surface area contributed by atoms with Crippen LogP contribution in [0.25, 0.3) is 11.4 Å². The number of aromatic amines is 1. The van der Waals surface area contributed by atoms with E-state index in [4.69, 9.17) is 0 Å². The summed E-state index contributed by atoms with van der Waals surface area (Å²) < 4.78 is 0. The zero-order valence-corrected chi connectivity index (χ0v) is 11.3. The van der Waals surface area contributed by atoms with E-state index >= 15 is 0 Å². The molecule has 2 N–H and O–H groups in total. The minimum atomic E-state index is 0.481. The van der Waals surface area contributed by atoms with Crippen molar-refractivity contribution < 1.29 is 0 Å². The topological polar surface area (TPSA) is 56.8 Å². The van der Waals surface area contributed by atoms with Crippen molar-refractivity contribution in [2.75, 3.05) is 24.5 Å². The molecule has 5 nitrogen and oxygen atoms in total. The molecule has 0 unspecified atom stereocenters. The van der Waals surface area contributed by atoms with Crippen LogP contribution < -0.4 is 10.2 Å². The summed E-state index contributed by atoms with van der Waals surface area (Å²) in [6.07, 6.45) is 0. The van der Waals surface area contributed by atoms with Gasteiger partial charge < -0.3 is 10.2 Å². The number of H-pyrrole nitrogens is 1. The van der Waals surface area contributed by atoms with Gasteiger partial charge in [-0.2, -0.15) is 4.98 Å². The van der Waals surface area contributed by atoms with Crippen molar-refractivity contribution in [2.24, 2.45) is 0 Å². The molecule has 1 aliphatic heterocycles. The molecule has 2 heterocycles. The molecule has 1 aromatic heterocycles. The molecule has 19 heavy (non-hydrogen) atoms. The number of nitrogens with one attached hydrogen (secondary N) is 2. The molecular formula is C14H19N5. The summed E-state index contributed by atoms with van der Waals surface area (Å²) in [5, 5.41) is 10.8. The lowest BCUT2D eigenvalue weighted by atomic mass is 10.1. The number of benzene rings is 1. The maximum Gasteiger partial charge on any atom is 0.245 e. The Bertz CT molecular complexity index is 562. The summed E-state index contributed by atoms with van der Waals surface area (Å²) in [6.45, 7) is 7.15. The van der Waals surface area contributed by atoms with E-state index < -0.39 is 0 Å². The molecule has 0 saturated carbocycles. The van der Waals surface area contributed by atoms with E-state index in [0.29, 0.717) is 6.04 Å². The first-order valence-corrected chi connectivity index (χ1v) is 6.70. The third-order valence-electron chi connectivity index (χ3n) is 3.42. The zero-order chi connectivity index (χ0) is 13.2. The number of aromatic nitrogens is 3. The van der Waals surface area contributed by atoms with Gasteiger partial charge in [0.1, 0.15) is 0 Å². The lowest BCUT2D eigenvalue weighted by Crippen LogP contribution is -2.49. The average Bonchev–Trinajstić information content (AvgIpc) is 2.88. The van der Waals surface area contributed by atoms with Crippen LogP contribution in [0.1, 0.15) is 12.5 Å². The van der Waals surface area contributed by atoms with Gasteiger partial charge in [-0.25, -0.2) is 0 Å². The number of rotatable bonds is 2. The third kappa shape index (κ3) is 2.61. The van der Waals surface area contributed by atoms with E-state index in [0.717, 1.165) is 37.0 Å². The number of hydrogen-bond acceptors (Lipinski definition) is 4. The first-order valence-electron chi connectivity index (χ1n) is 6.70. The number of hydrogen-bond donors (Lipinski definition) is 2. The summed E-state index contributed by atoms with van der Waals surface area (Å²) >= 11 is 0. The molecule has 1 aliphatic rings. The van der Waals surface area contributed by atoms with Crippen molar-refractivity contribution in [3.8, 4) is 11.4 Å². The normalized spacial score (nSPS) is 19.7. The van der Waals surface area contributed by atoms with Gasteiger partial charge in [0.05, 0.1) is 0 Å². The van der Waals surface area contributed by atoms with E-state index in [1.165, 1.54) is 5.56 Å². The van der Waals surface area contributed by atoms with Crippen LogP contribution in [0.2, 0.25) is 0 Å². The Morgan fingerprint density at radius 3 is 3.05 bits per heavy atom. The number of anilines is 1. The molecule has 0 amide bonds. The first-order chi connectivity index (χ1) is 9.22. The smallest absolute Gasteiger partial charge is 0.245 e. The Morgan fingerprint density at radius 2 is 2.26 bits per heavy atom. The Kier molecular flexibility index (Phi) is 3.21. The van der Waals surface area contributed by atoms with Crippen LogP contribution in [0.15, 0.2) is 24.3 Å². The summed E-state index contributed by atoms with van der Waals surface area (Å²) in [7, 11) is 0. The van der Waals surface area contributed by atoms with Crippen LogP contribution in [0, 0.1) is 6.92 Å². The van der Waals surface area contributed by atoms with Crippen LogP contribution in [0.4, 0.5) is 5.95 Å². The summed E-state index contributed by atoms with van der Waals surface area (Å²) in [5.74, 6) is 1.63. The van der Waals surface area contributed by atoms with Crippen molar-refractivity contribution >= 4 is 5.95 Å². The highest BCUT2D eigenvalue weighted by atomic mass is 15.4. The molecule has 1 saturated heterocycles. The highest BCUT2D eigenvalue weighted by molar-refractivity contribution is 5.57. The summed E-state index contributed by atoms with van der Waals surface area (Å²) in [5.41, 5.74) is 2.31. The Labute approximate surface area is 113 Å². The highest BCUT2D eigenvalue weighted by Crippen LogP contribution is 2.19. The number of aryl methyl sites for hydroxylation is 1. The van der Waals surface area contributed by atoms with Crippen LogP contribution in [0.3, 0.4) is 0 Å². The molecular weight excluding hydrogens is 238 g/mol. The molecule has 0 radical (unpaired) electrons. The van der Waals surface area contributed by atoms with Crippen molar-refractivity contribution in [2.45, 2.75) is 19.9 Å². The van der Waals surface area contributed by atoms with E-state index in [9.17, 15) is 0 Å². The van der Waals surface area contributed by atoms with Gasteiger partial charge >= 0.3 is 0 Å². The van der Waals surface area contributed by atoms with Crippen LogP contribution in [0.5, 0.6) is 0 Å². The Morgan fingerprint density at radius 1 is 1.37 bits per heavy atom. The van der Waals surface area contributed by atoms with Crippen molar-refractivity contribution in [3.05, 3.63) is 29.8 Å². The largest absolute Gasteiger partial charge is 0.337 e. The van der Waals surface area contributed by atoms with Gasteiger partial charge in [0, 0.05) is 31.2 Å². The van der Waals surface area contributed by atoms with Crippen molar-refractivity contribution in [3.63, 3.8) is 0 Å². The van der Waals surface area contributed by atoms with Gasteiger partial charge in [-0.3, -0.25) is 5.10 Å². The van der Waals surface area contributed by atoms with Gasteiger partial charge in [-0.05, 0) is 19.9 Å². The molecule has 3 rings (SSSR count). The molecule has 1 fully saturated rings. The predicted octanol–water partition coefficient (Wildman–Crippen LogP) is 1.58. The fourth-order valence-corrected chi connectivity index (χ4v) is 2.43. The third-order valence-corrected chi connectivity index (χ3v) is 3.42. The zero-order valence-electron chi connectivity index (χ0n) is 11.3. The second-order valence-corrected chi connectivity index (χ2v) is 5.15. The molecule has 1 atom stereocenters. The standard InChI is InChI=1S/C14H19N5/c1-10-4-3-5-12(8-10)13-16-14(18-17-13)19-7-6-15-11(2)9-19/h3-5,8,11,15H,6-7,9H2,1-2H3,(H,16,17,18)/t11-/m0/s1. The quantitative estimate of drug-likeness (QED) is 0.857. The van der Waals surface area contributed by atoms with Crippen LogP contribution >= 0.6 is 0 Å². The molecule has 0 spiro atoms. The van der Waals surface area contributed by atoms with Crippen LogP contribution in [-0.2, 0) is 0 Å². The molecule has 2 aromatic rings.